The largest absolute Gasteiger partial charge is 0.503 e. The maximum atomic E-state index is 15.2. The molecule has 0 fully saturated rings. The monoisotopic (exact) mass is 477 g/mol. The van der Waals surface area contributed by atoms with Crippen molar-refractivity contribution in [2.24, 2.45) is 0 Å². The summed E-state index contributed by atoms with van der Waals surface area (Å²) in [5.41, 5.74) is 0.473. The third-order valence-electron chi connectivity index (χ3n) is 5.44. The first-order valence-electron chi connectivity index (χ1n) is 10.2. The number of Topliss-reactive ketones (excluding diaryl/α,β-unsaturated/α-hetero) is 1. The topological polar surface area (TPSA) is 95.5 Å². The van der Waals surface area contributed by atoms with Gasteiger partial charge < -0.3 is 14.8 Å². The Morgan fingerprint density at radius 3 is 2.65 bits per heavy atom. The van der Waals surface area contributed by atoms with Crippen LogP contribution in [0.5, 0.6) is 5.75 Å². The molecule has 1 amide bonds. The summed E-state index contributed by atoms with van der Waals surface area (Å²) < 4.78 is 60.9. The summed E-state index contributed by atoms with van der Waals surface area (Å²) in [5, 5.41) is 10.4. The molecule has 1 aromatic heterocycles. The van der Waals surface area contributed by atoms with E-state index < -0.39 is 71.0 Å². The molecular formula is C23H19F4N3O4. The number of nitrogens with zero attached hydrogens (tertiary/aromatic N) is 2. The number of rotatable bonds is 7. The van der Waals surface area contributed by atoms with Crippen LogP contribution in [-0.2, 0) is 9.59 Å². The summed E-state index contributed by atoms with van der Waals surface area (Å²) in [6, 6.07) is 5.20. The van der Waals surface area contributed by atoms with E-state index in [1.54, 1.807) is 6.07 Å². The number of carbonyl (C=O) groups is 2. The molecule has 2 heterocycles. The van der Waals surface area contributed by atoms with Gasteiger partial charge >= 0.3 is 0 Å². The Labute approximate surface area is 190 Å². The third-order valence-corrected chi connectivity index (χ3v) is 5.44. The van der Waals surface area contributed by atoms with Gasteiger partial charge in [0.25, 0.3) is 5.91 Å². The summed E-state index contributed by atoms with van der Waals surface area (Å²) in [7, 11) is 0. The van der Waals surface area contributed by atoms with Crippen molar-refractivity contribution in [2.45, 2.75) is 32.2 Å². The number of fused-ring (bicyclic) bond motifs is 1. The lowest BCUT2D eigenvalue weighted by Crippen LogP contribution is -2.31. The number of amides is 1. The molecule has 0 aliphatic carbocycles. The van der Waals surface area contributed by atoms with E-state index in [9.17, 15) is 27.9 Å². The van der Waals surface area contributed by atoms with E-state index in [-0.39, 0.29) is 5.69 Å². The van der Waals surface area contributed by atoms with Gasteiger partial charge in [0.15, 0.2) is 23.1 Å². The van der Waals surface area contributed by atoms with E-state index in [1.807, 2.05) is 0 Å². The Bertz CT molecular complexity index is 1330. The smallest absolute Gasteiger partial charge is 0.294 e. The predicted octanol–water partition coefficient (Wildman–Crippen LogP) is 4.75. The Hall–Kier alpha value is -3.89. The second kappa shape index (κ2) is 8.47. The van der Waals surface area contributed by atoms with E-state index in [1.165, 1.54) is 18.5 Å². The highest BCUT2D eigenvalue weighted by atomic mass is 19.3. The van der Waals surface area contributed by atoms with Gasteiger partial charge in [0.2, 0.25) is 11.7 Å². The quantitative estimate of drug-likeness (QED) is 0.479. The molecule has 0 saturated heterocycles. The second-order valence-electron chi connectivity index (χ2n) is 7.95. The molecule has 3 aromatic rings. The van der Waals surface area contributed by atoms with E-state index in [0.29, 0.717) is 18.0 Å². The van der Waals surface area contributed by atoms with Gasteiger partial charge in [-0.15, -0.1) is 0 Å². The number of aromatic amines is 1. The molecule has 1 aliphatic rings. The van der Waals surface area contributed by atoms with Gasteiger partial charge in [0.1, 0.15) is 0 Å². The van der Waals surface area contributed by atoms with Crippen molar-refractivity contribution in [3.63, 3.8) is 0 Å². The van der Waals surface area contributed by atoms with Gasteiger partial charge in [-0.2, -0.15) is 4.39 Å². The Morgan fingerprint density at radius 1 is 1.24 bits per heavy atom. The minimum Gasteiger partial charge on any atom is -0.503 e. The van der Waals surface area contributed by atoms with Crippen LogP contribution in [0.1, 0.15) is 31.9 Å². The SMILES string of the molecule is CC(=O)C1=C(O)C(=O)N(c2ccc3nc[nH]c3c2)C1c1ccc(OCCC(C)(F)F)c(F)c1F. The summed E-state index contributed by atoms with van der Waals surface area (Å²) in [4.78, 5) is 33.1. The normalized spacial score (nSPS) is 16.6. The Balaban J connectivity index is 1.77. The van der Waals surface area contributed by atoms with Crippen LogP contribution in [0.15, 0.2) is 48.0 Å². The molecule has 0 saturated carbocycles. The number of H-pyrrole nitrogens is 1. The van der Waals surface area contributed by atoms with Gasteiger partial charge in [-0.25, -0.2) is 18.2 Å². The van der Waals surface area contributed by atoms with Crippen LogP contribution in [0.3, 0.4) is 0 Å². The predicted molar refractivity (Wildman–Crippen MR) is 114 cm³/mol. The third kappa shape index (κ3) is 4.09. The zero-order valence-electron chi connectivity index (χ0n) is 18.0. The molecular weight excluding hydrogens is 458 g/mol. The molecule has 7 nitrogen and oxygen atoms in total. The molecule has 1 aliphatic heterocycles. The number of anilines is 1. The number of benzene rings is 2. The van der Waals surface area contributed by atoms with Gasteiger partial charge in [0.05, 0.1) is 35.6 Å². The van der Waals surface area contributed by atoms with E-state index >= 15 is 4.39 Å². The first-order chi connectivity index (χ1) is 16.0. The van der Waals surface area contributed by atoms with Crippen molar-refractivity contribution in [1.29, 1.82) is 0 Å². The molecule has 2 N–H and O–H groups in total. The molecule has 2 aromatic carbocycles. The van der Waals surface area contributed by atoms with Crippen LogP contribution < -0.4 is 9.64 Å². The van der Waals surface area contributed by atoms with Crippen molar-refractivity contribution in [3.05, 3.63) is 65.2 Å². The van der Waals surface area contributed by atoms with E-state index in [2.05, 4.69) is 9.97 Å². The fraction of sp³-hybridized carbons (Fsp3) is 0.261. The van der Waals surface area contributed by atoms with Crippen LogP contribution in [-0.4, -0.2) is 39.3 Å². The second-order valence-corrected chi connectivity index (χ2v) is 7.95. The average molecular weight is 477 g/mol. The maximum Gasteiger partial charge on any atom is 0.294 e. The number of imidazole rings is 1. The number of aliphatic hydroxyl groups excluding tert-OH is 1. The summed E-state index contributed by atoms with van der Waals surface area (Å²) >= 11 is 0. The molecule has 0 bridgehead atoms. The number of halogens is 4. The van der Waals surface area contributed by atoms with Crippen molar-refractivity contribution in [2.75, 3.05) is 11.5 Å². The van der Waals surface area contributed by atoms with Gasteiger partial charge in [-0.1, -0.05) is 0 Å². The average Bonchev–Trinajstić information content (AvgIpc) is 3.32. The number of ether oxygens (including phenoxy) is 1. The minimum absolute atomic E-state index is 0.194. The first kappa shape index (κ1) is 23.3. The number of hydrogen-bond donors (Lipinski definition) is 2. The lowest BCUT2D eigenvalue weighted by Gasteiger charge is -2.27. The summed E-state index contributed by atoms with van der Waals surface area (Å²) in [6.07, 6.45) is 0.721. The number of aromatic nitrogens is 2. The van der Waals surface area contributed by atoms with Gasteiger partial charge in [-0.3, -0.25) is 14.5 Å². The Morgan fingerprint density at radius 2 is 1.97 bits per heavy atom. The van der Waals surface area contributed by atoms with Crippen LogP contribution in [0.4, 0.5) is 23.2 Å². The fourth-order valence-corrected chi connectivity index (χ4v) is 3.81. The highest BCUT2D eigenvalue weighted by molar-refractivity contribution is 6.16. The molecule has 4 rings (SSSR count). The lowest BCUT2D eigenvalue weighted by atomic mass is 9.95. The maximum absolute atomic E-state index is 15.2. The van der Waals surface area contributed by atoms with Gasteiger partial charge in [-0.05, 0) is 44.2 Å². The number of aliphatic hydroxyl groups is 1. The van der Waals surface area contributed by atoms with Crippen molar-refractivity contribution < 1.29 is 37.0 Å². The van der Waals surface area contributed by atoms with Crippen LogP contribution in [0.25, 0.3) is 11.0 Å². The summed E-state index contributed by atoms with van der Waals surface area (Å²) in [5.74, 6) is -9.13. The highest BCUT2D eigenvalue weighted by Crippen LogP contribution is 2.43. The van der Waals surface area contributed by atoms with Crippen LogP contribution in [0.2, 0.25) is 0 Å². The van der Waals surface area contributed by atoms with E-state index in [4.69, 9.17) is 4.74 Å². The van der Waals surface area contributed by atoms with Crippen LogP contribution in [0, 0.1) is 11.6 Å². The number of nitrogens with one attached hydrogen (secondary N) is 1. The molecule has 0 spiro atoms. The number of alkyl halides is 2. The number of carbonyl (C=O) groups excluding carboxylic acids is 2. The first-order valence-corrected chi connectivity index (χ1v) is 10.2. The molecule has 0 radical (unpaired) electrons. The van der Waals surface area contributed by atoms with E-state index in [0.717, 1.165) is 24.0 Å². The molecule has 1 atom stereocenters. The zero-order valence-corrected chi connectivity index (χ0v) is 18.0. The Kier molecular flexibility index (Phi) is 5.80. The van der Waals surface area contributed by atoms with Crippen LogP contribution >= 0.6 is 0 Å². The molecule has 178 valence electrons. The zero-order chi connectivity index (χ0) is 24.8. The van der Waals surface area contributed by atoms with Crippen molar-refractivity contribution >= 4 is 28.4 Å². The minimum atomic E-state index is -3.05. The number of ketones is 1. The lowest BCUT2D eigenvalue weighted by molar-refractivity contribution is -0.117. The molecule has 11 heteroatoms. The summed E-state index contributed by atoms with van der Waals surface area (Å²) in [6.45, 7) is 1.20. The standard InChI is InChI=1S/C23H19F4N3O4/c1-11(31)17-20(13-4-6-16(19(25)18(13)24)34-8-7-23(2,26)27)30(22(33)21(17)32)12-3-5-14-15(9-12)29-10-28-14/h3-6,9-10,20,32H,7-8H2,1-2H3,(H,28,29). The van der Waals surface area contributed by atoms with Gasteiger partial charge in [0, 0.05) is 17.7 Å². The fourth-order valence-electron chi connectivity index (χ4n) is 3.81. The molecule has 1 unspecified atom stereocenters. The highest BCUT2D eigenvalue weighted by Gasteiger charge is 2.45. The molecule has 34 heavy (non-hydrogen) atoms. The van der Waals surface area contributed by atoms with Crippen molar-refractivity contribution in [3.8, 4) is 5.75 Å². The number of hydrogen-bond acceptors (Lipinski definition) is 5. The van der Waals surface area contributed by atoms with Crippen molar-refractivity contribution in [1.82, 2.24) is 9.97 Å².